The quantitative estimate of drug-likeness (QED) is 0.749. The molecule has 142 valence electrons. The first-order valence-corrected chi connectivity index (χ1v) is 10.2. The van der Waals surface area contributed by atoms with Gasteiger partial charge in [-0.25, -0.2) is 0 Å². The summed E-state index contributed by atoms with van der Waals surface area (Å²) in [6.07, 6.45) is 7.66. The van der Waals surface area contributed by atoms with E-state index < -0.39 is 0 Å². The molecule has 0 aliphatic carbocycles. The molecule has 0 spiro atoms. The molecule has 0 unspecified atom stereocenters. The zero-order valence-electron chi connectivity index (χ0n) is 16.1. The highest BCUT2D eigenvalue weighted by atomic mass is 16.2. The Balaban J connectivity index is 1.40. The zero-order chi connectivity index (χ0) is 18.4. The van der Waals surface area contributed by atoms with Gasteiger partial charge in [-0.3, -0.25) is 9.59 Å². The van der Waals surface area contributed by atoms with Gasteiger partial charge in [-0.05, 0) is 62.5 Å². The Morgan fingerprint density at radius 2 is 2.04 bits per heavy atom. The molecule has 0 radical (unpaired) electrons. The molecule has 0 bridgehead atoms. The Kier molecular flexibility index (Phi) is 6.70. The first-order valence-electron chi connectivity index (χ1n) is 10.2. The molecule has 0 aromatic heterocycles. The molecule has 1 aromatic rings. The molecule has 3 rings (SSSR count). The third kappa shape index (κ3) is 5.09. The topological polar surface area (TPSA) is 40.6 Å². The summed E-state index contributed by atoms with van der Waals surface area (Å²) in [6.45, 7) is 5.61. The summed E-state index contributed by atoms with van der Waals surface area (Å²) >= 11 is 0. The van der Waals surface area contributed by atoms with Crippen LogP contribution in [0.15, 0.2) is 24.3 Å². The number of carbonyl (C=O) groups excluding carboxylic acids is 2. The Bertz CT molecular complexity index is 628. The highest BCUT2D eigenvalue weighted by Gasteiger charge is 2.24. The lowest BCUT2D eigenvalue weighted by Crippen LogP contribution is -2.40. The lowest BCUT2D eigenvalue weighted by Gasteiger charge is -2.33. The molecule has 26 heavy (non-hydrogen) atoms. The van der Waals surface area contributed by atoms with Crippen LogP contribution < -0.4 is 0 Å². The average molecular weight is 357 g/mol. The van der Waals surface area contributed by atoms with E-state index >= 15 is 0 Å². The summed E-state index contributed by atoms with van der Waals surface area (Å²) < 4.78 is 0. The van der Waals surface area contributed by atoms with Crippen molar-refractivity contribution in [2.75, 3.05) is 26.2 Å². The van der Waals surface area contributed by atoms with Gasteiger partial charge in [0, 0.05) is 39.0 Å². The lowest BCUT2D eigenvalue weighted by molar-refractivity contribution is -0.134. The van der Waals surface area contributed by atoms with Crippen molar-refractivity contribution in [1.82, 2.24) is 9.80 Å². The average Bonchev–Trinajstić information content (AvgIpc) is 3.06. The van der Waals surface area contributed by atoms with Gasteiger partial charge in [0.2, 0.25) is 11.8 Å². The number of amides is 2. The van der Waals surface area contributed by atoms with Gasteiger partial charge in [-0.15, -0.1) is 0 Å². The Morgan fingerprint density at radius 3 is 2.81 bits per heavy atom. The zero-order valence-corrected chi connectivity index (χ0v) is 16.1. The van der Waals surface area contributed by atoms with E-state index in [0.717, 1.165) is 58.3 Å². The number of carbonyl (C=O) groups is 2. The Morgan fingerprint density at radius 1 is 1.19 bits per heavy atom. The standard InChI is InChI=1S/C22H32N2O2/c1-18-7-2-3-9-20(18)13-12-19-8-4-16-24(17-19)22(26)11-6-15-23-14-5-10-21(23)25/h2-3,7,9,19H,4-6,8,10-17H2,1H3/t19-/m1/s1. The SMILES string of the molecule is Cc1ccccc1CC[C@H]1CCCN(C(=O)CCCN2CCCC2=O)C1. The van der Waals surface area contributed by atoms with Gasteiger partial charge in [0.1, 0.15) is 0 Å². The number of rotatable bonds is 7. The third-order valence-corrected chi connectivity index (χ3v) is 5.94. The molecule has 1 atom stereocenters. The number of hydrogen-bond acceptors (Lipinski definition) is 2. The monoisotopic (exact) mass is 356 g/mol. The van der Waals surface area contributed by atoms with Gasteiger partial charge < -0.3 is 9.80 Å². The van der Waals surface area contributed by atoms with Gasteiger partial charge >= 0.3 is 0 Å². The Hall–Kier alpha value is -1.84. The van der Waals surface area contributed by atoms with Crippen LogP contribution in [-0.4, -0.2) is 47.8 Å². The van der Waals surface area contributed by atoms with E-state index in [1.165, 1.54) is 17.5 Å². The van der Waals surface area contributed by atoms with Crippen molar-refractivity contribution in [3.8, 4) is 0 Å². The minimum absolute atomic E-state index is 0.256. The van der Waals surface area contributed by atoms with Crippen LogP contribution in [0.3, 0.4) is 0 Å². The molecule has 2 heterocycles. The molecule has 2 fully saturated rings. The fourth-order valence-corrected chi connectivity index (χ4v) is 4.30. The van der Waals surface area contributed by atoms with Crippen LogP contribution in [-0.2, 0) is 16.0 Å². The summed E-state index contributed by atoms with van der Waals surface area (Å²) in [7, 11) is 0. The van der Waals surface area contributed by atoms with Crippen molar-refractivity contribution in [3.63, 3.8) is 0 Å². The van der Waals surface area contributed by atoms with E-state index in [1.807, 2.05) is 4.90 Å². The maximum Gasteiger partial charge on any atom is 0.222 e. The van der Waals surface area contributed by atoms with Crippen molar-refractivity contribution in [2.45, 2.75) is 58.3 Å². The van der Waals surface area contributed by atoms with Gasteiger partial charge in [-0.1, -0.05) is 24.3 Å². The number of aryl methyl sites for hydroxylation is 2. The van der Waals surface area contributed by atoms with E-state index in [4.69, 9.17) is 0 Å². The number of hydrogen-bond donors (Lipinski definition) is 0. The minimum atomic E-state index is 0.256. The van der Waals surface area contributed by atoms with Gasteiger partial charge in [0.25, 0.3) is 0 Å². The number of likely N-dealkylation sites (tertiary alicyclic amines) is 2. The highest BCUT2D eigenvalue weighted by Crippen LogP contribution is 2.23. The van der Waals surface area contributed by atoms with Crippen molar-refractivity contribution in [3.05, 3.63) is 35.4 Å². The summed E-state index contributed by atoms with van der Waals surface area (Å²) in [5.74, 6) is 1.15. The van der Waals surface area contributed by atoms with Crippen molar-refractivity contribution in [2.24, 2.45) is 5.92 Å². The molecule has 0 N–H and O–H groups in total. The van der Waals surface area contributed by atoms with Crippen LogP contribution in [0.5, 0.6) is 0 Å². The first-order chi connectivity index (χ1) is 12.6. The minimum Gasteiger partial charge on any atom is -0.343 e. The molecular formula is C22H32N2O2. The van der Waals surface area contributed by atoms with Gasteiger partial charge in [0.05, 0.1) is 0 Å². The fourth-order valence-electron chi connectivity index (χ4n) is 4.30. The molecular weight excluding hydrogens is 324 g/mol. The predicted molar refractivity (Wildman–Crippen MR) is 104 cm³/mol. The Labute approximate surface area is 157 Å². The number of nitrogens with zero attached hydrogens (tertiary/aromatic N) is 2. The van der Waals surface area contributed by atoms with E-state index in [0.29, 0.717) is 18.8 Å². The molecule has 2 amide bonds. The molecule has 2 aliphatic rings. The van der Waals surface area contributed by atoms with Crippen LogP contribution in [0.4, 0.5) is 0 Å². The number of benzene rings is 1. The van der Waals surface area contributed by atoms with E-state index in [2.05, 4.69) is 36.1 Å². The molecule has 2 aliphatic heterocycles. The summed E-state index contributed by atoms with van der Waals surface area (Å²) in [6, 6.07) is 8.61. The van der Waals surface area contributed by atoms with Crippen LogP contribution >= 0.6 is 0 Å². The third-order valence-electron chi connectivity index (χ3n) is 5.94. The highest BCUT2D eigenvalue weighted by molar-refractivity contribution is 5.78. The summed E-state index contributed by atoms with van der Waals surface area (Å²) in [5.41, 5.74) is 2.80. The van der Waals surface area contributed by atoms with E-state index in [9.17, 15) is 9.59 Å². The predicted octanol–water partition coefficient (Wildman–Crippen LogP) is 3.57. The maximum atomic E-state index is 12.5. The molecule has 2 saturated heterocycles. The second-order valence-corrected chi connectivity index (χ2v) is 7.90. The van der Waals surface area contributed by atoms with Crippen LogP contribution in [0.1, 0.15) is 56.1 Å². The fraction of sp³-hybridized carbons (Fsp3) is 0.636. The maximum absolute atomic E-state index is 12.5. The van der Waals surface area contributed by atoms with Crippen molar-refractivity contribution in [1.29, 1.82) is 0 Å². The summed E-state index contributed by atoms with van der Waals surface area (Å²) in [5, 5.41) is 0. The first kappa shape index (κ1) is 18.9. The number of piperidine rings is 1. The van der Waals surface area contributed by atoms with Gasteiger partial charge in [-0.2, -0.15) is 0 Å². The van der Waals surface area contributed by atoms with Crippen LogP contribution in [0.25, 0.3) is 0 Å². The molecule has 4 heteroatoms. The second-order valence-electron chi connectivity index (χ2n) is 7.90. The van der Waals surface area contributed by atoms with Crippen molar-refractivity contribution >= 4 is 11.8 Å². The van der Waals surface area contributed by atoms with E-state index in [1.54, 1.807) is 0 Å². The van der Waals surface area contributed by atoms with Crippen LogP contribution in [0.2, 0.25) is 0 Å². The smallest absolute Gasteiger partial charge is 0.222 e. The molecule has 4 nitrogen and oxygen atoms in total. The lowest BCUT2D eigenvalue weighted by atomic mass is 9.90. The van der Waals surface area contributed by atoms with Crippen LogP contribution in [0, 0.1) is 12.8 Å². The largest absolute Gasteiger partial charge is 0.343 e. The van der Waals surface area contributed by atoms with E-state index in [-0.39, 0.29) is 11.8 Å². The summed E-state index contributed by atoms with van der Waals surface area (Å²) in [4.78, 5) is 28.2. The normalized spacial score (nSPS) is 20.7. The second kappa shape index (κ2) is 9.20. The molecule has 1 aromatic carbocycles. The molecule has 0 saturated carbocycles. The van der Waals surface area contributed by atoms with Crippen molar-refractivity contribution < 1.29 is 9.59 Å². The van der Waals surface area contributed by atoms with Gasteiger partial charge in [0.15, 0.2) is 0 Å².